The van der Waals surface area contributed by atoms with Crippen LogP contribution < -0.4 is 25.8 Å². The number of nitrogens with two attached hydrogens (primary N) is 1. The van der Waals surface area contributed by atoms with E-state index in [1.165, 1.54) is 48.0 Å². The molecule has 4 aromatic rings. The number of thioether (sulfide) groups is 1. The number of carboxylic acid groups (broad SMARTS) is 1. The highest BCUT2D eigenvalue weighted by Gasteiger charge is 2.53. The Balaban J connectivity index is 1.22. The molecule has 50 heavy (non-hydrogen) atoms. The van der Waals surface area contributed by atoms with Crippen LogP contribution in [0.5, 0.6) is 11.5 Å². The SMILES string of the molecule is CC(C)(O/N=C(\C(=O)N[C@@H]1C(=O)N2C(c3nnn[n-]3)=C(C[n+]3ccc(C(=O)c4ccc(O)c(O)c4Cl)cc3)CS[C@H]12)c1csc(N)n1)C(=O)[O-]. The first-order chi connectivity index (χ1) is 23.8. The van der Waals surface area contributed by atoms with Crippen LogP contribution in [0.3, 0.4) is 0 Å². The number of aromatic hydroxyl groups is 2. The number of fused-ring (bicyclic) bond motifs is 1. The molecule has 21 heteroatoms. The van der Waals surface area contributed by atoms with E-state index in [0.29, 0.717) is 17.0 Å². The predicted molar refractivity (Wildman–Crippen MR) is 173 cm³/mol. The first-order valence-corrected chi connectivity index (χ1v) is 16.7. The number of tetrazole rings is 1. The number of nitrogens with one attached hydrogen (secondary N) is 1. The molecule has 1 aromatic carbocycles. The molecule has 2 aliphatic rings. The number of carbonyl (C=O) groups is 4. The van der Waals surface area contributed by atoms with Crippen molar-refractivity contribution in [2.75, 3.05) is 11.5 Å². The number of carboxylic acids is 1. The number of oxime groups is 1. The van der Waals surface area contributed by atoms with Crippen LogP contribution in [0.4, 0.5) is 5.13 Å². The molecule has 1 fully saturated rings. The van der Waals surface area contributed by atoms with Gasteiger partial charge in [0, 0.05) is 40.0 Å². The summed E-state index contributed by atoms with van der Waals surface area (Å²) < 4.78 is 1.76. The van der Waals surface area contributed by atoms with Gasteiger partial charge in [-0.2, -0.15) is 5.21 Å². The van der Waals surface area contributed by atoms with Crippen LogP contribution in [-0.4, -0.2) is 87.7 Å². The van der Waals surface area contributed by atoms with Gasteiger partial charge in [0.15, 0.2) is 52.7 Å². The van der Waals surface area contributed by atoms with Crippen LogP contribution in [0, 0.1) is 0 Å². The molecule has 3 aromatic heterocycles. The number of thiazole rings is 1. The summed E-state index contributed by atoms with van der Waals surface area (Å²) in [5.74, 6) is -3.99. The third-order valence-electron chi connectivity index (χ3n) is 7.57. The molecule has 0 saturated carbocycles. The molecule has 0 bridgehead atoms. The largest absolute Gasteiger partial charge is 0.546 e. The fourth-order valence-corrected chi connectivity index (χ4v) is 7.01. The Morgan fingerprint density at radius 1 is 1.26 bits per heavy atom. The summed E-state index contributed by atoms with van der Waals surface area (Å²) >= 11 is 8.45. The van der Waals surface area contributed by atoms with E-state index in [0.717, 1.165) is 11.3 Å². The quantitative estimate of drug-likeness (QED) is 0.0367. The minimum Gasteiger partial charge on any atom is -0.546 e. The number of aromatic nitrogens is 6. The monoisotopic (exact) mass is 739 g/mol. The van der Waals surface area contributed by atoms with Gasteiger partial charge in [0.05, 0.1) is 22.5 Å². The van der Waals surface area contributed by atoms with Gasteiger partial charge in [-0.3, -0.25) is 29.6 Å². The maximum atomic E-state index is 13.6. The highest BCUT2D eigenvalue weighted by molar-refractivity contribution is 8.00. The average Bonchev–Trinajstić information content (AvgIpc) is 3.78. The van der Waals surface area contributed by atoms with E-state index in [2.05, 4.69) is 36.1 Å². The number of pyridine rings is 1. The second kappa shape index (κ2) is 13.4. The van der Waals surface area contributed by atoms with Gasteiger partial charge in [-0.05, 0) is 26.0 Å². The summed E-state index contributed by atoms with van der Waals surface area (Å²) in [6.45, 7) is 2.62. The van der Waals surface area contributed by atoms with E-state index < -0.39 is 57.8 Å². The van der Waals surface area contributed by atoms with Gasteiger partial charge >= 0.3 is 0 Å². The molecule has 0 unspecified atom stereocenters. The lowest BCUT2D eigenvalue weighted by atomic mass is 10.0. The van der Waals surface area contributed by atoms with Gasteiger partial charge in [-0.1, -0.05) is 16.8 Å². The summed E-state index contributed by atoms with van der Waals surface area (Å²) in [7, 11) is 0. The van der Waals surface area contributed by atoms with Crippen molar-refractivity contribution in [2.24, 2.45) is 5.16 Å². The Kier molecular flexibility index (Phi) is 9.16. The lowest BCUT2D eigenvalue weighted by Gasteiger charge is -2.50. The number of hydrogen-bond donors (Lipinski definition) is 4. The Morgan fingerprint density at radius 3 is 2.64 bits per heavy atom. The molecule has 2 aliphatic heterocycles. The van der Waals surface area contributed by atoms with Gasteiger partial charge in [-0.25, -0.2) is 9.55 Å². The minimum atomic E-state index is -1.88. The normalized spacial score (nSPS) is 17.6. The predicted octanol–water partition coefficient (Wildman–Crippen LogP) is -0.789. The van der Waals surface area contributed by atoms with Crippen LogP contribution in [0.15, 0.2) is 52.8 Å². The zero-order valence-electron chi connectivity index (χ0n) is 25.8. The molecule has 5 heterocycles. The smallest absolute Gasteiger partial charge is 0.276 e. The Hall–Kier alpha value is -5.60. The molecular weight excluding hydrogens is 716 g/mol. The number of benzene rings is 1. The van der Waals surface area contributed by atoms with Gasteiger partial charge < -0.3 is 41.1 Å². The van der Waals surface area contributed by atoms with E-state index in [1.807, 2.05) is 0 Å². The van der Waals surface area contributed by atoms with Crippen molar-refractivity contribution in [1.82, 2.24) is 35.8 Å². The summed E-state index contributed by atoms with van der Waals surface area (Å²) in [5, 5.41) is 53.1. The number of nitrogens with zero attached hydrogens (tertiary/aromatic N) is 8. The number of β-lactam (4-membered cyclic amide) rings is 1. The van der Waals surface area contributed by atoms with Gasteiger partial charge in [0.1, 0.15) is 17.1 Å². The van der Waals surface area contributed by atoms with Crippen LogP contribution >= 0.6 is 34.7 Å². The highest BCUT2D eigenvalue weighted by Crippen LogP contribution is 2.43. The third-order valence-corrected chi connectivity index (χ3v) is 9.96. The zero-order valence-corrected chi connectivity index (χ0v) is 28.2. The maximum Gasteiger partial charge on any atom is 0.276 e. The Labute approximate surface area is 294 Å². The molecule has 18 nitrogen and oxygen atoms in total. The summed E-state index contributed by atoms with van der Waals surface area (Å²) in [6.07, 6.45) is 3.28. The number of hydrogen-bond acceptors (Lipinski definition) is 16. The van der Waals surface area contributed by atoms with E-state index in [4.69, 9.17) is 22.2 Å². The first kappa shape index (κ1) is 34.3. The third kappa shape index (κ3) is 6.42. The zero-order chi connectivity index (χ0) is 35.9. The maximum absolute atomic E-state index is 13.6. The number of phenols is 2. The average molecular weight is 740 g/mol. The van der Waals surface area contributed by atoms with Crippen molar-refractivity contribution in [3.05, 3.63) is 75.3 Å². The molecular formula is C29H24ClN10O8S2-. The number of amides is 2. The molecule has 6 rings (SSSR count). The molecule has 0 radical (unpaired) electrons. The van der Waals surface area contributed by atoms with Crippen molar-refractivity contribution in [3.63, 3.8) is 0 Å². The first-order valence-electron chi connectivity index (χ1n) is 14.4. The van der Waals surface area contributed by atoms with Crippen LogP contribution in [0.25, 0.3) is 5.70 Å². The Morgan fingerprint density at radius 2 is 2.00 bits per heavy atom. The van der Waals surface area contributed by atoms with E-state index >= 15 is 0 Å². The van der Waals surface area contributed by atoms with Crippen molar-refractivity contribution >= 4 is 74.8 Å². The lowest BCUT2D eigenvalue weighted by molar-refractivity contribution is -0.688. The molecule has 2 amide bonds. The lowest BCUT2D eigenvalue weighted by Crippen LogP contribution is -2.70. The summed E-state index contributed by atoms with van der Waals surface area (Å²) in [6, 6.07) is 4.55. The van der Waals surface area contributed by atoms with Gasteiger partial charge in [0.2, 0.25) is 0 Å². The second-order valence-corrected chi connectivity index (χ2v) is 13.7. The number of anilines is 1. The number of rotatable bonds is 11. The number of halogens is 1. The number of aliphatic carboxylic acids is 1. The molecule has 1 saturated heterocycles. The molecule has 258 valence electrons. The minimum absolute atomic E-state index is 0.00811. The van der Waals surface area contributed by atoms with Crippen molar-refractivity contribution in [2.45, 2.75) is 37.4 Å². The fraction of sp³-hybridized carbons (Fsp3) is 0.241. The summed E-state index contributed by atoms with van der Waals surface area (Å²) in [5.41, 5.74) is 4.81. The van der Waals surface area contributed by atoms with E-state index in [1.54, 1.807) is 29.1 Å². The van der Waals surface area contributed by atoms with Gasteiger partial charge in [0.25, 0.3) is 11.8 Å². The Bertz CT molecular complexity index is 2080. The van der Waals surface area contributed by atoms with Crippen molar-refractivity contribution in [1.29, 1.82) is 0 Å². The molecule has 5 N–H and O–H groups in total. The number of carbonyl (C=O) groups excluding carboxylic acids is 4. The van der Waals surface area contributed by atoms with Gasteiger partial charge in [-0.15, -0.1) is 23.1 Å². The van der Waals surface area contributed by atoms with Crippen molar-refractivity contribution < 1.29 is 43.9 Å². The molecule has 0 spiro atoms. The van der Waals surface area contributed by atoms with Crippen LogP contribution in [0.1, 0.15) is 41.3 Å². The highest BCUT2D eigenvalue weighted by atomic mass is 35.5. The molecule has 0 aliphatic carbocycles. The van der Waals surface area contributed by atoms with E-state index in [-0.39, 0.29) is 39.3 Å². The number of nitrogen functional groups attached to an aromatic ring is 1. The van der Waals surface area contributed by atoms with E-state index in [9.17, 15) is 34.5 Å². The summed E-state index contributed by atoms with van der Waals surface area (Å²) in [4.78, 5) is 62.1. The number of phenolic OH excluding ortho intramolecular Hbond substituents is 2. The topological polar surface area (TPSA) is 264 Å². The molecule has 2 atom stereocenters. The second-order valence-electron chi connectivity index (χ2n) is 11.3. The van der Waals surface area contributed by atoms with Crippen LogP contribution in [-0.2, 0) is 25.8 Å². The van der Waals surface area contributed by atoms with Crippen molar-refractivity contribution in [3.8, 4) is 11.5 Å². The number of ketones is 1. The standard InChI is InChI=1S/C29H25ClN10O8S2/c1-29(2,27(46)47)48-36-18(15-11-50-28(31)32-15)24(44)33-19-25(45)40-20(23-34-37-38-35-23)13(10-49-26(19)40)9-39-7-5-12(6-8-39)21(42)14-3-4-16(41)22(43)17(14)30/h3-8,11,19,26H,9-10H2,1-2H3,(H6,31,32,33,34,35,37,38,42,44,46,47)/p-1/b36-18-/t19-,26-/m1/s1. The fourth-order valence-electron chi connectivity index (χ4n) is 4.88. The van der Waals surface area contributed by atoms with Crippen LogP contribution in [0.2, 0.25) is 5.02 Å².